The number of benzene rings is 2. The molecule has 0 spiro atoms. The van der Waals surface area contributed by atoms with Crippen molar-refractivity contribution in [3.8, 4) is 0 Å². The van der Waals surface area contributed by atoms with Crippen LogP contribution in [0.25, 0.3) is 0 Å². The number of carbonyl (C=O) groups excluding carboxylic acids is 1. The summed E-state index contributed by atoms with van der Waals surface area (Å²) in [4.78, 5) is 13.1. The molecule has 2 aromatic carbocycles. The third kappa shape index (κ3) is 3.64. The molecule has 21 heavy (non-hydrogen) atoms. The van der Waals surface area contributed by atoms with Gasteiger partial charge >= 0.3 is 0 Å². The summed E-state index contributed by atoms with van der Waals surface area (Å²) >= 11 is 1.55. The Morgan fingerprint density at radius 3 is 2.81 bits per heavy atom. The molecular formula is C16H15FN2OS. The van der Waals surface area contributed by atoms with Crippen molar-refractivity contribution in [1.29, 1.82) is 0 Å². The van der Waals surface area contributed by atoms with Crippen LogP contribution in [-0.2, 0) is 0 Å². The maximum absolute atomic E-state index is 13.4. The van der Waals surface area contributed by atoms with Crippen molar-refractivity contribution < 1.29 is 9.18 Å². The van der Waals surface area contributed by atoms with Gasteiger partial charge in [-0.3, -0.25) is 4.79 Å². The van der Waals surface area contributed by atoms with Crippen LogP contribution in [0, 0.1) is 5.82 Å². The van der Waals surface area contributed by atoms with E-state index in [1.165, 1.54) is 18.2 Å². The molecule has 0 bridgehead atoms. The van der Waals surface area contributed by atoms with Crippen LogP contribution in [0.2, 0.25) is 0 Å². The molecule has 0 aliphatic heterocycles. The SMILES string of the molecule is C=CCSc1ccccc1NC(=O)c1cccc(F)c1N. The molecule has 0 radical (unpaired) electrons. The monoisotopic (exact) mass is 302 g/mol. The number of nitrogens with one attached hydrogen (secondary N) is 1. The first kappa shape index (κ1) is 15.1. The van der Waals surface area contributed by atoms with Crippen LogP contribution in [0.3, 0.4) is 0 Å². The Balaban J connectivity index is 2.23. The van der Waals surface area contributed by atoms with E-state index in [2.05, 4.69) is 11.9 Å². The number of hydrogen-bond donors (Lipinski definition) is 2. The van der Waals surface area contributed by atoms with Gasteiger partial charge in [-0.25, -0.2) is 4.39 Å². The highest BCUT2D eigenvalue weighted by Crippen LogP contribution is 2.28. The second kappa shape index (κ2) is 6.95. The molecule has 0 aliphatic rings. The zero-order valence-electron chi connectivity index (χ0n) is 11.3. The van der Waals surface area contributed by atoms with Crippen molar-refractivity contribution in [3.63, 3.8) is 0 Å². The summed E-state index contributed by atoms with van der Waals surface area (Å²) in [7, 11) is 0. The van der Waals surface area contributed by atoms with Crippen molar-refractivity contribution in [2.24, 2.45) is 0 Å². The molecule has 0 aliphatic carbocycles. The highest BCUT2D eigenvalue weighted by Gasteiger charge is 2.14. The summed E-state index contributed by atoms with van der Waals surface area (Å²) in [6, 6.07) is 11.6. The number of nitrogen functional groups attached to an aromatic ring is 1. The molecule has 1 amide bonds. The number of rotatable bonds is 5. The Morgan fingerprint density at radius 2 is 2.05 bits per heavy atom. The minimum Gasteiger partial charge on any atom is -0.396 e. The van der Waals surface area contributed by atoms with Crippen LogP contribution in [-0.4, -0.2) is 11.7 Å². The summed E-state index contributed by atoms with van der Waals surface area (Å²) in [5, 5.41) is 2.76. The largest absolute Gasteiger partial charge is 0.396 e. The lowest BCUT2D eigenvalue weighted by molar-refractivity contribution is 0.102. The summed E-state index contributed by atoms with van der Waals surface area (Å²) in [5.74, 6) is -0.301. The second-order valence-electron chi connectivity index (χ2n) is 4.25. The smallest absolute Gasteiger partial charge is 0.257 e. The lowest BCUT2D eigenvalue weighted by atomic mass is 10.1. The van der Waals surface area contributed by atoms with Gasteiger partial charge in [0.05, 0.1) is 16.9 Å². The van der Waals surface area contributed by atoms with Gasteiger partial charge in [0.15, 0.2) is 0 Å². The number of halogens is 1. The van der Waals surface area contributed by atoms with Gasteiger partial charge < -0.3 is 11.1 Å². The van der Waals surface area contributed by atoms with Crippen molar-refractivity contribution in [2.75, 3.05) is 16.8 Å². The fourth-order valence-electron chi connectivity index (χ4n) is 1.77. The van der Waals surface area contributed by atoms with E-state index >= 15 is 0 Å². The number of para-hydroxylation sites is 2. The second-order valence-corrected chi connectivity index (χ2v) is 5.31. The molecule has 0 heterocycles. The van der Waals surface area contributed by atoms with E-state index in [1.54, 1.807) is 23.9 Å². The molecule has 2 aromatic rings. The molecule has 2 rings (SSSR count). The number of hydrogen-bond acceptors (Lipinski definition) is 3. The quantitative estimate of drug-likeness (QED) is 0.500. The Morgan fingerprint density at radius 1 is 1.29 bits per heavy atom. The van der Waals surface area contributed by atoms with Gasteiger partial charge in [-0.05, 0) is 24.3 Å². The van der Waals surface area contributed by atoms with Gasteiger partial charge in [0, 0.05) is 10.6 Å². The molecule has 0 saturated heterocycles. The summed E-state index contributed by atoms with van der Waals surface area (Å²) in [6.45, 7) is 3.67. The average Bonchev–Trinajstić information content (AvgIpc) is 2.49. The number of carbonyl (C=O) groups is 1. The Kier molecular flexibility index (Phi) is 5.00. The third-order valence-electron chi connectivity index (χ3n) is 2.79. The minimum atomic E-state index is -0.600. The minimum absolute atomic E-state index is 0.124. The van der Waals surface area contributed by atoms with Gasteiger partial charge in [0.1, 0.15) is 5.82 Å². The normalized spacial score (nSPS) is 10.1. The maximum atomic E-state index is 13.4. The topological polar surface area (TPSA) is 55.1 Å². The van der Waals surface area contributed by atoms with Crippen molar-refractivity contribution in [2.45, 2.75) is 4.90 Å². The van der Waals surface area contributed by atoms with Crippen LogP contribution >= 0.6 is 11.8 Å². The van der Waals surface area contributed by atoms with E-state index in [0.717, 1.165) is 10.6 Å². The lowest BCUT2D eigenvalue weighted by Crippen LogP contribution is -2.15. The summed E-state index contributed by atoms with van der Waals surface area (Å²) in [6.07, 6.45) is 1.79. The van der Waals surface area contributed by atoms with Gasteiger partial charge in [0.2, 0.25) is 0 Å². The number of anilines is 2. The average molecular weight is 302 g/mol. The Hall–Kier alpha value is -2.27. The Labute approximate surface area is 127 Å². The van der Waals surface area contributed by atoms with Crippen molar-refractivity contribution in [3.05, 3.63) is 66.5 Å². The van der Waals surface area contributed by atoms with Crippen LogP contribution in [0.1, 0.15) is 10.4 Å². The van der Waals surface area contributed by atoms with Crippen LogP contribution in [0.4, 0.5) is 15.8 Å². The fourth-order valence-corrected chi connectivity index (χ4v) is 2.52. The first-order chi connectivity index (χ1) is 10.1. The van der Waals surface area contributed by atoms with Crippen molar-refractivity contribution in [1.82, 2.24) is 0 Å². The standard InChI is InChI=1S/C16H15FN2OS/c1-2-10-21-14-9-4-3-8-13(14)19-16(20)11-6-5-7-12(17)15(11)18/h2-9H,1,10,18H2,(H,19,20). The maximum Gasteiger partial charge on any atom is 0.257 e. The van der Waals surface area contributed by atoms with Crippen LogP contribution in [0.5, 0.6) is 0 Å². The molecule has 0 unspecified atom stereocenters. The molecular weight excluding hydrogens is 287 g/mol. The highest BCUT2D eigenvalue weighted by molar-refractivity contribution is 7.99. The fraction of sp³-hybridized carbons (Fsp3) is 0.0625. The number of thioether (sulfide) groups is 1. The van der Waals surface area contributed by atoms with Crippen LogP contribution < -0.4 is 11.1 Å². The molecule has 0 aromatic heterocycles. The molecule has 0 fully saturated rings. The summed E-state index contributed by atoms with van der Waals surface area (Å²) < 4.78 is 13.4. The number of amides is 1. The molecule has 108 valence electrons. The van der Waals surface area contributed by atoms with Gasteiger partial charge in [-0.15, -0.1) is 18.3 Å². The highest BCUT2D eigenvalue weighted by atomic mass is 32.2. The first-order valence-corrected chi connectivity index (χ1v) is 7.30. The third-order valence-corrected chi connectivity index (χ3v) is 3.86. The first-order valence-electron chi connectivity index (χ1n) is 6.31. The predicted octanol–water partition coefficient (Wildman–Crippen LogP) is 3.94. The zero-order valence-corrected chi connectivity index (χ0v) is 12.1. The molecule has 5 heteroatoms. The lowest BCUT2D eigenvalue weighted by Gasteiger charge is -2.11. The van der Waals surface area contributed by atoms with E-state index in [0.29, 0.717) is 5.69 Å². The number of nitrogens with two attached hydrogens (primary N) is 1. The molecule has 3 N–H and O–H groups in total. The predicted molar refractivity (Wildman–Crippen MR) is 86.1 cm³/mol. The molecule has 0 saturated carbocycles. The molecule has 3 nitrogen and oxygen atoms in total. The van der Waals surface area contributed by atoms with E-state index < -0.39 is 11.7 Å². The van der Waals surface area contributed by atoms with Gasteiger partial charge in [0.25, 0.3) is 5.91 Å². The van der Waals surface area contributed by atoms with Gasteiger partial charge in [-0.2, -0.15) is 0 Å². The van der Waals surface area contributed by atoms with Crippen LogP contribution in [0.15, 0.2) is 60.0 Å². The Bertz CT molecular complexity index is 673. The van der Waals surface area contributed by atoms with E-state index in [4.69, 9.17) is 5.73 Å². The zero-order chi connectivity index (χ0) is 15.2. The van der Waals surface area contributed by atoms with E-state index in [1.807, 2.05) is 18.2 Å². The molecule has 0 atom stereocenters. The van der Waals surface area contributed by atoms with Gasteiger partial charge in [-0.1, -0.05) is 24.3 Å². The van der Waals surface area contributed by atoms with E-state index in [9.17, 15) is 9.18 Å². The van der Waals surface area contributed by atoms with Crippen molar-refractivity contribution >= 4 is 29.0 Å². The summed E-state index contributed by atoms with van der Waals surface area (Å²) in [5.41, 5.74) is 6.24. The van der Waals surface area contributed by atoms with E-state index in [-0.39, 0.29) is 11.3 Å².